The van der Waals surface area contributed by atoms with Gasteiger partial charge in [0.15, 0.2) is 0 Å². The number of carbonyl (C=O) groups excluding carboxylic acids is 1. The second-order valence-corrected chi connectivity index (χ2v) is 3.57. The first-order valence-corrected chi connectivity index (χ1v) is 4.97. The molecule has 1 aromatic rings. The molecule has 0 saturated heterocycles. The molecule has 1 amide bonds. The molecule has 0 aliphatic heterocycles. The smallest absolute Gasteiger partial charge is 0.281 e. The highest BCUT2D eigenvalue weighted by atomic mass is 19.3. The molecule has 0 aromatic carbocycles. The fourth-order valence-electron chi connectivity index (χ4n) is 1.35. The number of nitrogens with zero attached hydrogens (tertiary/aromatic N) is 3. The Morgan fingerprint density at radius 1 is 1.56 bits per heavy atom. The summed E-state index contributed by atoms with van der Waals surface area (Å²) < 4.78 is 26.8. The van der Waals surface area contributed by atoms with Gasteiger partial charge in [-0.2, -0.15) is 0 Å². The van der Waals surface area contributed by atoms with Gasteiger partial charge < -0.3 is 5.73 Å². The number of nitrogens with two attached hydrogens (primary N) is 1. The lowest BCUT2D eigenvalue weighted by Crippen LogP contribution is -2.16. The van der Waals surface area contributed by atoms with E-state index in [0.717, 1.165) is 4.68 Å². The number of carbonyl (C=O) groups is 1. The van der Waals surface area contributed by atoms with Crippen LogP contribution in [0.3, 0.4) is 0 Å². The molecule has 0 aliphatic carbocycles. The zero-order valence-corrected chi connectivity index (χ0v) is 9.15. The van der Waals surface area contributed by atoms with Crippen molar-refractivity contribution in [2.75, 3.05) is 0 Å². The third-order valence-corrected chi connectivity index (χ3v) is 2.36. The van der Waals surface area contributed by atoms with Gasteiger partial charge >= 0.3 is 0 Å². The van der Waals surface area contributed by atoms with Crippen LogP contribution in [0.15, 0.2) is 0 Å². The van der Waals surface area contributed by atoms with Crippen molar-refractivity contribution < 1.29 is 13.6 Å². The number of amides is 1. The van der Waals surface area contributed by atoms with Crippen LogP contribution in [0.25, 0.3) is 0 Å². The summed E-state index contributed by atoms with van der Waals surface area (Å²) in [7, 11) is 0. The van der Waals surface area contributed by atoms with Crippen LogP contribution in [-0.2, 0) is 11.2 Å². The monoisotopic (exact) mass is 232 g/mol. The van der Waals surface area contributed by atoms with E-state index < -0.39 is 12.3 Å². The predicted octanol–water partition coefficient (Wildman–Crippen LogP) is 1.21. The maximum atomic E-state index is 12.8. The molecular weight excluding hydrogens is 218 g/mol. The van der Waals surface area contributed by atoms with Crippen LogP contribution >= 0.6 is 0 Å². The third-order valence-electron chi connectivity index (χ3n) is 2.36. The summed E-state index contributed by atoms with van der Waals surface area (Å²) in [6.45, 7) is 3.62. The van der Waals surface area contributed by atoms with Crippen molar-refractivity contribution in [3.05, 3.63) is 11.4 Å². The fraction of sp³-hybridized carbons (Fsp3) is 0.667. The van der Waals surface area contributed by atoms with Crippen LogP contribution in [0.5, 0.6) is 0 Å². The fourth-order valence-corrected chi connectivity index (χ4v) is 1.35. The lowest BCUT2D eigenvalue weighted by atomic mass is 10.2. The van der Waals surface area contributed by atoms with Crippen molar-refractivity contribution in [1.29, 1.82) is 0 Å². The Balaban J connectivity index is 3.11. The van der Waals surface area contributed by atoms with Gasteiger partial charge in [-0.15, -0.1) is 5.10 Å². The standard InChI is InChI=1S/C9H14F2N4O/c1-3-5(2)15-8(9(10)11)6(13-14-15)4-7(12)16/h5,9H,3-4H2,1-2H3,(H2,12,16). The molecule has 1 unspecified atom stereocenters. The highest BCUT2D eigenvalue weighted by Crippen LogP contribution is 2.25. The summed E-state index contributed by atoms with van der Waals surface area (Å²) in [5, 5.41) is 7.22. The molecule has 1 heterocycles. The van der Waals surface area contributed by atoms with Crippen LogP contribution in [0.1, 0.15) is 44.1 Å². The van der Waals surface area contributed by atoms with Crippen LogP contribution in [0, 0.1) is 0 Å². The Morgan fingerprint density at radius 2 is 2.19 bits per heavy atom. The molecule has 0 radical (unpaired) electrons. The molecule has 1 rings (SSSR count). The number of hydrogen-bond acceptors (Lipinski definition) is 3. The average Bonchev–Trinajstić information content (AvgIpc) is 2.59. The quantitative estimate of drug-likeness (QED) is 0.829. The van der Waals surface area contributed by atoms with Crippen molar-refractivity contribution in [1.82, 2.24) is 15.0 Å². The highest BCUT2D eigenvalue weighted by molar-refractivity contribution is 5.76. The number of alkyl halides is 2. The minimum atomic E-state index is -2.71. The zero-order chi connectivity index (χ0) is 12.3. The molecule has 0 bridgehead atoms. The van der Waals surface area contributed by atoms with E-state index in [4.69, 9.17) is 5.73 Å². The topological polar surface area (TPSA) is 73.8 Å². The van der Waals surface area contributed by atoms with E-state index in [9.17, 15) is 13.6 Å². The summed E-state index contributed by atoms with van der Waals surface area (Å²) in [5.74, 6) is -0.696. The van der Waals surface area contributed by atoms with Crippen molar-refractivity contribution in [2.24, 2.45) is 5.73 Å². The SMILES string of the molecule is CCC(C)n1nnc(CC(N)=O)c1C(F)F. The largest absolute Gasteiger partial charge is 0.369 e. The number of primary amides is 1. The molecule has 0 spiro atoms. The molecule has 0 saturated carbocycles. The molecule has 0 fully saturated rings. The first kappa shape index (κ1) is 12.5. The van der Waals surface area contributed by atoms with Crippen molar-refractivity contribution in [3.63, 3.8) is 0 Å². The van der Waals surface area contributed by atoms with Gasteiger partial charge in [-0.05, 0) is 13.3 Å². The van der Waals surface area contributed by atoms with Crippen LogP contribution < -0.4 is 5.73 Å². The maximum Gasteiger partial charge on any atom is 0.281 e. The number of halogens is 2. The van der Waals surface area contributed by atoms with E-state index in [2.05, 4.69) is 10.3 Å². The highest BCUT2D eigenvalue weighted by Gasteiger charge is 2.24. The number of rotatable bonds is 5. The minimum Gasteiger partial charge on any atom is -0.369 e. The maximum absolute atomic E-state index is 12.8. The Hall–Kier alpha value is -1.53. The van der Waals surface area contributed by atoms with E-state index in [1.165, 1.54) is 0 Å². The van der Waals surface area contributed by atoms with Gasteiger partial charge in [0.25, 0.3) is 6.43 Å². The normalized spacial score (nSPS) is 13.1. The Kier molecular flexibility index (Phi) is 3.92. The van der Waals surface area contributed by atoms with Gasteiger partial charge in [-0.3, -0.25) is 4.79 Å². The van der Waals surface area contributed by atoms with Crippen molar-refractivity contribution >= 4 is 5.91 Å². The van der Waals surface area contributed by atoms with Gasteiger partial charge in [-0.1, -0.05) is 12.1 Å². The van der Waals surface area contributed by atoms with E-state index in [-0.39, 0.29) is 23.9 Å². The van der Waals surface area contributed by atoms with Crippen LogP contribution in [0.4, 0.5) is 8.78 Å². The molecule has 16 heavy (non-hydrogen) atoms. The first-order valence-electron chi connectivity index (χ1n) is 4.97. The van der Waals surface area contributed by atoms with E-state index in [1.54, 1.807) is 6.92 Å². The van der Waals surface area contributed by atoms with E-state index >= 15 is 0 Å². The molecule has 2 N–H and O–H groups in total. The van der Waals surface area contributed by atoms with Crippen LogP contribution in [-0.4, -0.2) is 20.9 Å². The molecule has 1 aromatic heterocycles. The summed E-state index contributed by atoms with van der Waals surface area (Å²) in [6.07, 6.45) is -2.37. The lowest BCUT2D eigenvalue weighted by molar-refractivity contribution is -0.117. The Bertz CT molecular complexity index is 378. The summed E-state index contributed by atoms with van der Waals surface area (Å²) >= 11 is 0. The molecule has 90 valence electrons. The lowest BCUT2D eigenvalue weighted by Gasteiger charge is -2.12. The van der Waals surface area contributed by atoms with Crippen molar-refractivity contribution in [3.8, 4) is 0 Å². The molecule has 5 nitrogen and oxygen atoms in total. The zero-order valence-electron chi connectivity index (χ0n) is 9.15. The van der Waals surface area contributed by atoms with Gasteiger partial charge in [0.2, 0.25) is 5.91 Å². The third kappa shape index (κ3) is 2.53. The van der Waals surface area contributed by atoms with E-state index in [0.29, 0.717) is 6.42 Å². The molecule has 7 heteroatoms. The first-order chi connectivity index (χ1) is 7.47. The van der Waals surface area contributed by atoms with Gasteiger partial charge in [0.05, 0.1) is 12.5 Å². The summed E-state index contributed by atoms with van der Waals surface area (Å²) in [4.78, 5) is 10.7. The van der Waals surface area contributed by atoms with Gasteiger partial charge in [0.1, 0.15) is 11.4 Å². The van der Waals surface area contributed by atoms with Gasteiger partial charge in [-0.25, -0.2) is 13.5 Å². The van der Waals surface area contributed by atoms with Crippen molar-refractivity contribution in [2.45, 2.75) is 39.2 Å². The van der Waals surface area contributed by atoms with Crippen LogP contribution in [0.2, 0.25) is 0 Å². The molecule has 1 atom stereocenters. The number of hydrogen-bond donors (Lipinski definition) is 1. The average molecular weight is 232 g/mol. The molecular formula is C9H14F2N4O. The summed E-state index contributed by atoms with van der Waals surface area (Å²) in [6, 6.07) is -0.182. The minimum absolute atomic E-state index is 0.0391. The second kappa shape index (κ2) is 5.00. The number of aromatic nitrogens is 3. The summed E-state index contributed by atoms with van der Waals surface area (Å²) in [5.41, 5.74) is 4.60. The Labute approximate surface area is 91.6 Å². The van der Waals surface area contributed by atoms with Gasteiger partial charge in [0, 0.05) is 0 Å². The van der Waals surface area contributed by atoms with E-state index in [1.807, 2.05) is 6.92 Å². The molecule has 0 aliphatic rings. The second-order valence-electron chi connectivity index (χ2n) is 3.57. The predicted molar refractivity (Wildman–Crippen MR) is 52.9 cm³/mol. The Morgan fingerprint density at radius 3 is 2.62 bits per heavy atom.